The second kappa shape index (κ2) is 4.64. The number of halogens is 1. The molecular formula is C10H10ClN3. The zero-order valence-corrected chi connectivity index (χ0v) is 8.60. The van der Waals surface area contributed by atoms with Crippen LogP contribution in [0.5, 0.6) is 0 Å². The Balaban J connectivity index is 3.03. The van der Waals surface area contributed by atoms with Crippen LogP contribution in [0.15, 0.2) is 18.7 Å². The highest BCUT2D eigenvalue weighted by Crippen LogP contribution is 2.21. The molecule has 0 aliphatic heterocycles. The second-order valence-corrected chi connectivity index (χ2v) is 3.14. The number of nitrogens with one attached hydrogen (secondary N) is 1. The maximum absolute atomic E-state index is 8.72. The third-order valence-corrected chi connectivity index (χ3v) is 1.99. The first-order valence-electron chi connectivity index (χ1n) is 4.11. The van der Waals surface area contributed by atoms with E-state index in [2.05, 4.69) is 16.9 Å². The average Bonchev–Trinajstić information content (AvgIpc) is 2.18. The summed E-state index contributed by atoms with van der Waals surface area (Å²) in [7, 11) is 0. The van der Waals surface area contributed by atoms with Crippen molar-refractivity contribution in [2.45, 2.75) is 6.92 Å². The van der Waals surface area contributed by atoms with Crippen LogP contribution in [0.1, 0.15) is 11.3 Å². The number of aromatic nitrogens is 1. The van der Waals surface area contributed by atoms with E-state index in [1.807, 2.05) is 6.07 Å². The molecule has 0 amide bonds. The Morgan fingerprint density at radius 3 is 3.07 bits per heavy atom. The predicted octanol–water partition coefficient (Wildman–Crippen LogP) is 2.51. The van der Waals surface area contributed by atoms with Gasteiger partial charge in [-0.3, -0.25) is 0 Å². The van der Waals surface area contributed by atoms with Crippen LogP contribution in [0.3, 0.4) is 0 Å². The molecule has 4 heteroatoms. The van der Waals surface area contributed by atoms with Gasteiger partial charge in [-0.15, -0.1) is 6.58 Å². The zero-order chi connectivity index (χ0) is 10.6. The van der Waals surface area contributed by atoms with Crippen LogP contribution in [0.2, 0.25) is 5.02 Å². The van der Waals surface area contributed by atoms with E-state index in [1.54, 1.807) is 19.1 Å². The van der Waals surface area contributed by atoms with E-state index in [-0.39, 0.29) is 0 Å². The maximum atomic E-state index is 8.72. The van der Waals surface area contributed by atoms with Crippen LogP contribution in [0, 0.1) is 18.3 Å². The monoisotopic (exact) mass is 207 g/mol. The normalized spacial score (nSPS) is 9.21. The molecule has 0 saturated heterocycles. The van der Waals surface area contributed by atoms with Crippen LogP contribution in [0.4, 0.5) is 5.82 Å². The van der Waals surface area contributed by atoms with Crippen molar-refractivity contribution < 1.29 is 0 Å². The average molecular weight is 208 g/mol. The van der Waals surface area contributed by atoms with Gasteiger partial charge in [0.25, 0.3) is 0 Å². The summed E-state index contributed by atoms with van der Waals surface area (Å²) in [4.78, 5) is 4.17. The van der Waals surface area contributed by atoms with Gasteiger partial charge in [0.05, 0.1) is 16.3 Å². The van der Waals surface area contributed by atoms with Gasteiger partial charge in [0.15, 0.2) is 0 Å². The molecule has 0 fully saturated rings. The van der Waals surface area contributed by atoms with Gasteiger partial charge in [-0.05, 0) is 13.0 Å². The molecular weight excluding hydrogens is 198 g/mol. The summed E-state index contributed by atoms with van der Waals surface area (Å²) in [5.74, 6) is 0.586. The third-order valence-electron chi connectivity index (χ3n) is 1.70. The molecule has 0 unspecified atom stereocenters. The summed E-state index contributed by atoms with van der Waals surface area (Å²) >= 11 is 5.91. The summed E-state index contributed by atoms with van der Waals surface area (Å²) in [5.41, 5.74) is 1.17. The second-order valence-electron chi connectivity index (χ2n) is 2.73. The Bertz CT molecular complexity index is 393. The zero-order valence-electron chi connectivity index (χ0n) is 7.84. The largest absolute Gasteiger partial charge is 0.365 e. The molecule has 1 heterocycles. The summed E-state index contributed by atoms with van der Waals surface area (Å²) in [5, 5.41) is 12.2. The fourth-order valence-electron chi connectivity index (χ4n) is 0.987. The Morgan fingerprint density at radius 2 is 2.50 bits per heavy atom. The molecule has 14 heavy (non-hydrogen) atoms. The van der Waals surface area contributed by atoms with E-state index in [0.29, 0.717) is 28.6 Å². The van der Waals surface area contributed by atoms with Gasteiger partial charge in [0.1, 0.15) is 11.9 Å². The third kappa shape index (κ3) is 2.24. The van der Waals surface area contributed by atoms with E-state index < -0.39 is 0 Å². The molecule has 1 rings (SSSR count). The van der Waals surface area contributed by atoms with Gasteiger partial charge in [0, 0.05) is 6.54 Å². The lowest BCUT2D eigenvalue weighted by Crippen LogP contribution is -2.02. The van der Waals surface area contributed by atoms with Crippen molar-refractivity contribution in [1.29, 1.82) is 5.26 Å². The highest BCUT2D eigenvalue weighted by atomic mass is 35.5. The summed E-state index contributed by atoms with van der Waals surface area (Å²) in [6.07, 6.45) is 1.71. The number of nitrogens with zero attached hydrogens (tertiary/aromatic N) is 2. The van der Waals surface area contributed by atoms with E-state index in [9.17, 15) is 0 Å². The lowest BCUT2D eigenvalue weighted by atomic mass is 10.2. The quantitative estimate of drug-likeness (QED) is 0.775. The van der Waals surface area contributed by atoms with Gasteiger partial charge >= 0.3 is 0 Å². The lowest BCUT2D eigenvalue weighted by Gasteiger charge is -2.06. The first kappa shape index (κ1) is 10.6. The van der Waals surface area contributed by atoms with Crippen molar-refractivity contribution in [3.63, 3.8) is 0 Å². The molecule has 0 aliphatic carbocycles. The van der Waals surface area contributed by atoms with E-state index in [0.717, 1.165) is 0 Å². The highest BCUT2D eigenvalue weighted by Gasteiger charge is 2.05. The number of hydrogen-bond acceptors (Lipinski definition) is 3. The summed E-state index contributed by atoms with van der Waals surface area (Å²) < 4.78 is 0. The fraction of sp³-hybridized carbons (Fsp3) is 0.200. The molecule has 0 aromatic carbocycles. The molecule has 0 spiro atoms. The fourth-order valence-corrected chi connectivity index (χ4v) is 1.21. The van der Waals surface area contributed by atoms with Crippen molar-refractivity contribution in [3.05, 3.63) is 35.0 Å². The Morgan fingerprint density at radius 1 is 1.79 bits per heavy atom. The standard InChI is InChI=1S/C10H10ClN3/c1-3-4-13-10-9(11)5-8(6-12)7(2)14-10/h3,5H,1,4H2,2H3,(H,13,14). The van der Waals surface area contributed by atoms with Crippen molar-refractivity contribution in [2.24, 2.45) is 0 Å². The van der Waals surface area contributed by atoms with Gasteiger partial charge in [-0.25, -0.2) is 4.98 Å². The smallest absolute Gasteiger partial charge is 0.145 e. The van der Waals surface area contributed by atoms with Crippen LogP contribution >= 0.6 is 11.6 Å². The molecule has 1 N–H and O–H groups in total. The minimum Gasteiger partial charge on any atom is -0.365 e. The molecule has 1 aromatic rings. The summed E-state index contributed by atoms with van der Waals surface area (Å²) in [6.45, 7) is 5.94. The minimum absolute atomic E-state index is 0.453. The minimum atomic E-state index is 0.453. The number of nitriles is 1. The van der Waals surface area contributed by atoms with Crippen LogP contribution in [-0.2, 0) is 0 Å². The first-order chi connectivity index (χ1) is 6.69. The van der Waals surface area contributed by atoms with Crippen molar-refractivity contribution in [3.8, 4) is 6.07 Å². The molecule has 0 aliphatic rings. The van der Waals surface area contributed by atoms with Crippen molar-refractivity contribution in [2.75, 3.05) is 11.9 Å². The molecule has 1 aromatic heterocycles. The Kier molecular flexibility index (Phi) is 3.49. The molecule has 0 radical (unpaired) electrons. The van der Waals surface area contributed by atoms with Gasteiger partial charge in [-0.1, -0.05) is 17.7 Å². The van der Waals surface area contributed by atoms with Gasteiger partial charge in [-0.2, -0.15) is 5.26 Å². The Hall–Kier alpha value is -1.53. The van der Waals surface area contributed by atoms with E-state index in [4.69, 9.17) is 16.9 Å². The van der Waals surface area contributed by atoms with Gasteiger partial charge in [0.2, 0.25) is 0 Å². The lowest BCUT2D eigenvalue weighted by molar-refractivity contribution is 1.15. The number of pyridine rings is 1. The summed E-state index contributed by atoms with van der Waals surface area (Å²) in [6, 6.07) is 3.63. The first-order valence-corrected chi connectivity index (χ1v) is 4.49. The highest BCUT2D eigenvalue weighted by molar-refractivity contribution is 6.33. The molecule has 0 atom stereocenters. The number of anilines is 1. The van der Waals surface area contributed by atoms with Gasteiger partial charge < -0.3 is 5.32 Å². The molecule has 0 saturated carbocycles. The number of rotatable bonds is 3. The molecule has 0 bridgehead atoms. The molecule has 3 nitrogen and oxygen atoms in total. The number of aryl methyl sites for hydroxylation is 1. The van der Waals surface area contributed by atoms with Crippen LogP contribution < -0.4 is 5.32 Å². The number of hydrogen-bond donors (Lipinski definition) is 1. The van der Waals surface area contributed by atoms with Crippen LogP contribution in [0.25, 0.3) is 0 Å². The van der Waals surface area contributed by atoms with Crippen LogP contribution in [-0.4, -0.2) is 11.5 Å². The SMILES string of the molecule is C=CCNc1nc(C)c(C#N)cc1Cl. The predicted molar refractivity (Wildman–Crippen MR) is 57.4 cm³/mol. The van der Waals surface area contributed by atoms with Crippen molar-refractivity contribution in [1.82, 2.24) is 4.98 Å². The maximum Gasteiger partial charge on any atom is 0.145 e. The van der Waals surface area contributed by atoms with E-state index in [1.165, 1.54) is 0 Å². The Labute approximate surface area is 88.0 Å². The topological polar surface area (TPSA) is 48.7 Å². The van der Waals surface area contributed by atoms with E-state index >= 15 is 0 Å². The molecule has 72 valence electrons. The van der Waals surface area contributed by atoms with Crippen molar-refractivity contribution >= 4 is 17.4 Å².